The topological polar surface area (TPSA) is 29.5 Å². The predicted octanol–water partition coefficient (Wildman–Crippen LogP) is 4.05. The van der Waals surface area contributed by atoms with Crippen LogP contribution in [0.3, 0.4) is 0 Å². The molecule has 1 aromatic rings. The third kappa shape index (κ3) is 2.91. The Kier molecular flexibility index (Phi) is 4.39. The van der Waals surface area contributed by atoms with Crippen LogP contribution in [0.2, 0.25) is 0 Å². The zero-order valence-electron chi connectivity index (χ0n) is 15.9. The summed E-state index contributed by atoms with van der Waals surface area (Å²) in [7, 11) is 4.14. The maximum Gasteiger partial charge on any atom is 0.139 e. The second kappa shape index (κ2) is 6.42. The molecule has 0 spiro atoms. The van der Waals surface area contributed by atoms with Crippen LogP contribution in [0.1, 0.15) is 56.1 Å². The van der Waals surface area contributed by atoms with Gasteiger partial charge in [-0.2, -0.15) is 0 Å². The Morgan fingerprint density at radius 1 is 1.20 bits per heavy atom. The Morgan fingerprint density at radius 3 is 2.84 bits per heavy atom. The highest BCUT2D eigenvalue weighted by atomic mass is 16.5. The first-order chi connectivity index (χ1) is 12.0. The van der Waals surface area contributed by atoms with Crippen molar-refractivity contribution >= 4 is 5.78 Å². The highest BCUT2D eigenvalue weighted by Crippen LogP contribution is 2.59. The molecule has 3 unspecified atom stereocenters. The average Bonchev–Trinajstić information content (AvgIpc) is 2.89. The SMILES string of the molecule is CN(C)CCOc1ccc2c(c1)CCC1C2CC[C@]2(C)C(=O)CCC12. The molecule has 2 saturated carbocycles. The fourth-order valence-corrected chi connectivity index (χ4v) is 5.77. The average molecular weight is 341 g/mol. The Bertz CT molecular complexity index is 668. The molecule has 3 heteroatoms. The van der Waals surface area contributed by atoms with Crippen molar-refractivity contribution in [1.29, 1.82) is 0 Å². The minimum absolute atomic E-state index is 0.0199. The standard InChI is InChI=1S/C22H31NO2/c1-22-11-10-18-17-7-5-16(25-13-12-23(2)3)14-15(17)4-6-19(18)20(22)8-9-21(22)24/h5,7,14,18-20H,4,6,8-13H2,1-3H3/t18?,19?,20?,22-/m0/s1. The normalized spacial score (nSPS) is 33.8. The summed E-state index contributed by atoms with van der Waals surface area (Å²) in [6.07, 6.45) is 6.58. The van der Waals surface area contributed by atoms with Gasteiger partial charge in [0.1, 0.15) is 18.1 Å². The maximum absolute atomic E-state index is 12.4. The minimum atomic E-state index is -0.0199. The van der Waals surface area contributed by atoms with E-state index in [9.17, 15) is 4.79 Å². The largest absolute Gasteiger partial charge is 0.492 e. The minimum Gasteiger partial charge on any atom is -0.492 e. The molecule has 25 heavy (non-hydrogen) atoms. The van der Waals surface area contributed by atoms with E-state index in [0.29, 0.717) is 23.5 Å². The van der Waals surface area contributed by atoms with Crippen LogP contribution >= 0.6 is 0 Å². The van der Waals surface area contributed by atoms with Gasteiger partial charge >= 0.3 is 0 Å². The lowest BCUT2D eigenvalue weighted by atomic mass is 9.55. The summed E-state index contributed by atoms with van der Waals surface area (Å²) in [5, 5.41) is 0. The number of carbonyl (C=O) groups is 1. The van der Waals surface area contributed by atoms with Gasteiger partial charge in [-0.1, -0.05) is 13.0 Å². The first-order valence-electron chi connectivity index (χ1n) is 9.93. The number of carbonyl (C=O) groups excluding carboxylic acids is 1. The van der Waals surface area contributed by atoms with E-state index in [2.05, 4.69) is 44.1 Å². The summed E-state index contributed by atoms with van der Waals surface area (Å²) in [5.41, 5.74) is 3.00. The number of likely N-dealkylation sites (N-methyl/N-ethyl adjacent to an activating group) is 1. The Hall–Kier alpha value is -1.35. The van der Waals surface area contributed by atoms with Crippen molar-refractivity contribution in [3.8, 4) is 5.75 Å². The van der Waals surface area contributed by atoms with E-state index in [4.69, 9.17) is 4.74 Å². The van der Waals surface area contributed by atoms with Crippen molar-refractivity contribution in [1.82, 2.24) is 4.90 Å². The molecule has 4 rings (SSSR count). The molecule has 3 aliphatic rings. The molecule has 136 valence electrons. The fraction of sp³-hybridized carbons (Fsp3) is 0.682. The van der Waals surface area contributed by atoms with E-state index >= 15 is 0 Å². The lowest BCUT2D eigenvalue weighted by molar-refractivity contribution is -0.129. The Balaban J connectivity index is 1.52. The fourth-order valence-electron chi connectivity index (χ4n) is 5.77. The number of ketones is 1. The second-order valence-corrected chi connectivity index (χ2v) is 8.85. The van der Waals surface area contributed by atoms with Crippen LogP contribution < -0.4 is 4.74 Å². The third-order valence-electron chi connectivity index (χ3n) is 7.21. The highest BCUT2D eigenvalue weighted by Gasteiger charge is 2.54. The monoisotopic (exact) mass is 341 g/mol. The van der Waals surface area contributed by atoms with Gasteiger partial charge in [0.05, 0.1) is 0 Å². The number of Topliss-reactive ketones (excluding diaryl/α,β-unsaturated/α-hetero) is 1. The lowest BCUT2D eigenvalue weighted by Crippen LogP contribution is -2.42. The van der Waals surface area contributed by atoms with E-state index < -0.39 is 0 Å². The number of ether oxygens (including phenoxy) is 1. The molecule has 0 radical (unpaired) electrons. The summed E-state index contributed by atoms with van der Waals surface area (Å²) in [6, 6.07) is 6.75. The molecular formula is C22H31NO2. The van der Waals surface area contributed by atoms with Gasteiger partial charge in [0.2, 0.25) is 0 Å². The van der Waals surface area contributed by atoms with Crippen molar-refractivity contribution in [2.45, 2.75) is 51.4 Å². The van der Waals surface area contributed by atoms with Crippen LogP contribution in [-0.2, 0) is 11.2 Å². The van der Waals surface area contributed by atoms with Crippen molar-refractivity contribution in [2.75, 3.05) is 27.2 Å². The zero-order chi connectivity index (χ0) is 17.6. The van der Waals surface area contributed by atoms with Crippen LogP contribution in [-0.4, -0.2) is 37.9 Å². The van der Waals surface area contributed by atoms with Gasteiger partial charge in [-0.3, -0.25) is 4.79 Å². The molecule has 0 aromatic heterocycles. The molecule has 0 N–H and O–H groups in total. The summed E-state index contributed by atoms with van der Waals surface area (Å²) in [6.45, 7) is 3.93. The zero-order valence-corrected chi connectivity index (χ0v) is 15.9. The van der Waals surface area contributed by atoms with E-state index in [1.165, 1.54) is 24.0 Å². The predicted molar refractivity (Wildman–Crippen MR) is 100 cm³/mol. The number of hydrogen-bond donors (Lipinski definition) is 0. The summed E-state index contributed by atoms with van der Waals surface area (Å²) >= 11 is 0. The summed E-state index contributed by atoms with van der Waals surface area (Å²) < 4.78 is 5.93. The van der Waals surface area contributed by atoms with Crippen LogP contribution in [0.15, 0.2) is 18.2 Å². The molecule has 0 saturated heterocycles. The third-order valence-corrected chi connectivity index (χ3v) is 7.21. The second-order valence-electron chi connectivity index (χ2n) is 8.85. The van der Waals surface area contributed by atoms with Crippen LogP contribution in [0.25, 0.3) is 0 Å². The van der Waals surface area contributed by atoms with Gasteiger partial charge in [0.25, 0.3) is 0 Å². The van der Waals surface area contributed by atoms with Gasteiger partial charge in [0.15, 0.2) is 0 Å². The Labute approximate surface area is 151 Å². The van der Waals surface area contributed by atoms with E-state index in [1.807, 2.05) is 0 Å². The van der Waals surface area contributed by atoms with Crippen LogP contribution in [0.5, 0.6) is 5.75 Å². The number of hydrogen-bond acceptors (Lipinski definition) is 3. The van der Waals surface area contributed by atoms with Crippen molar-refractivity contribution in [3.05, 3.63) is 29.3 Å². The molecule has 0 heterocycles. The first kappa shape index (κ1) is 17.1. The quantitative estimate of drug-likeness (QED) is 0.827. The van der Waals surface area contributed by atoms with Gasteiger partial charge in [-0.05, 0) is 87.2 Å². The number of nitrogens with zero attached hydrogens (tertiary/aromatic N) is 1. The number of fused-ring (bicyclic) bond motifs is 5. The lowest BCUT2D eigenvalue weighted by Gasteiger charge is -2.48. The number of benzene rings is 1. The molecule has 2 fully saturated rings. The molecule has 1 aromatic carbocycles. The highest BCUT2D eigenvalue weighted by molar-refractivity contribution is 5.87. The molecule has 0 bridgehead atoms. The van der Waals surface area contributed by atoms with Gasteiger partial charge in [-0.25, -0.2) is 0 Å². The van der Waals surface area contributed by atoms with Crippen molar-refractivity contribution < 1.29 is 9.53 Å². The smallest absolute Gasteiger partial charge is 0.139 e. The number of rotatable bonds is 4. The summed E-state index contributed by atoms with van der Waals surface area (Å²) in [4.78, 5) is 14.6. The van der Waals surface area contributed by atoms with Crippen molar-refractivity contribution in [3.63, 3.8) is 0 Å². The molecule has 3 aliphatic carbocycles. The van der Waals surface area contributed by atoms with Gasteiger partial charge < -0.3 is 9.64 Å². The van der Waals surface area contributed by atoms with E-state index in [0.717, 1.165) is 44.6 Å². The molecule has 0 amide bonds. The molecule has 4 atom stereocenters. The van der Waals surface area contributed by atoms with Crippen molar-refractivity contribution in [2.24, 2.45) is 17.3 Å². The van der Waals surface area contributed by atoms with E-state index in [1.54, 1.807) is 0 Å². The molecular weight excluding hydrogens is 310 g/mol. The molecule has 0 aliphatic heterocycles. The van der Waals surface area contributed by atoms with Gasteiger partial charge in [-0.15, -0.1) is 0 Å². The van der Waals surface area contributed by atoms with Crippen LogP contribution in [0, 0.1) is 17.3 Å². The maximum atomic E-state index is 12.4. The Morgan fingerprint density at radius 2 is 2.04 bits per heavy atom. The van der Waals surface area contributed by atoms with Gasteiger partial charge in [0, 0.05) is 18.4 Å². The molecule has 3 nitrogen and oxygen atoms in total. The van der Waals surface area contributed by atoms with E-state index in [-0.39, 0.29) is 5.41 Å². The number of aryl methyl sites for hydroxylation is 1. The summed E-state index contributed by atoms with van der Waals surface area (Å²) in [5.74, 6) is 3.52. The van der Waals surface area contributed by atoms with Crippen LogP contribution in [0.4, 0.5) is 0 Å². The first-order valence-corrected chi connectivity index (χ1v) is 9.93.